The number of aromatic nitrogens is 1. The number of benzene rings is 1. The van der Waals surface area contributed by atoms with E-state index in [4.69, 9.17) is 4.74 Å². The van der Waals surface area contributed by atoms with Gasteiger partial charge in [0.1, 0.15) is 0 Å². The summed E-state index contributed by atoms with van der Waals surface area (Å²) in [7, 11) is 0. The van der Waals surface area contributed by atoms with Gasteiger partial charge in [-0.05, 0) is 24.5 Å². The Balaban J connectivity index is 2.17. The van der Waals surface area contributed by atoms with Crippen LogP contribution in [0.15, 0.2) is 24.3 Å². The normalized spacial score (nSPS) is 10.9. The number of esters is 1. The molecule has 1 N–H and O–H groups in total. The summed E-state index contributed by atoms with van der Waals surface area (Å²) in [5.74, 6) is -0.211. The second-order valence-corrected chi connectivity index (χ2v) is 5.17. The van der Waals surface area contributed by atoms with Crippen LogP contribution in [0.1, 0.15) is 44.4 Å². The number of rotatable bonds is 7. The molecule has 0 fully saturated rings. The Bertz CT molecular complexity index is 571. The first-order valence-electron chi connectivity index (χ1n) is 7.44. The summed E-state index contributed by atoms with van der Waals surface area (Å²) in [5.41, 5.74) is 3.78. The largest absolute Gasteiger partial charge is 0.466 e. The van der Waals surface area contributed by atoms with Gasteiger partial charge in [-0.15, -0.1) is 0 Å². The molecule has 0 radical (unpaired) electrons. The first-order chi connectivity index (χ1) is 9.72. The molecular formula is C17H23NO2. The lowest BCUT2D eigenvalue weighted by molar-refractivity contribution is -0.140. The van der Waals surface area contributed by atoms with Gasteiger partial charge in [0, 0.05) is 29.9 Å². The van der Waals surface area contributed by atoms with E-state index in [-0.39, 0.29) is 5.97 Å². The Morgan fingerprint density at radius 3 is 2.75 bits per heavy atom. The summed E-state index contributed by atoms with van der Waals surface area (Å²) in [5, 5.41) is 1.26. The Morgan fingerprint density at radius 2 is 2.00 bits per heavy atom. The molecule has 2 aromatic rings. The molecule has 0 unspecified atom stereocenters. The van der Waals surface area contributed by atoms with Crippen LogP contribution in [-0.2, 0) is 22.4 Å². The van der Waals surface area contributed by atoms with Gasteiger partial charge < -0.3 is 9.72 Å². The van der Waals surface area contributed by atoms with Crippen LogP contribution < -0.4 is 0 Å². The van der Waals surface area contributed by atoms with Gasteiger partial charge in [-0.1, -0.05) is 38.0 Å². The molecule has 1 aromatic carbocycles. The van der Waals surface area contributed by atoms with Crippen LogP contribution in [0.5, 0.6) is 0 Å². The lowest BCUT2D eigenvalue weighted by Crippen LogP contribution is -2.04. The number of unbranched alkanes of at least 4 members (excludes halogenated alkanes) is 2. The minimum Gasteiger partial charge on any atom is -0.466 e. The highest BCUT2D eigenvalue weighted by atomic mass is 16.5. The SMILES string of the molecule is CCCCCc1[nH]c2ccccc2c1CCOC(C)=O. The predicted molar refractivity (Wildman–Crippen MR) is 81.9 cm³/mol. The zero-order valence-corrected chi connectivity index (χ0v) is 12.4. The van der Waals surface area contributed by atoms with E-state index in [0.29, 0.717) is 6.61 Å². The van der Waals surface area contributed by atoms with Gasteiger partial charge in [0.25, 0.3) is 0 Å². The molecule has 0 amide bonds. The highest BCUT2D eigenvalue weighted by Gasteiger charge is 2.11. The topological polar surface area (TPSA) is 42.1 Å². The van der Waals surface area contributed by atoms with Crippen molar-refractivity contribution in [2.75, 3.05) is 6.61 Å². The van der Waals surface area contributed by atoms with E-state index < -0.39 is 0 Å². The van der Waals surface area contributed by atoms with E-state index in [1.807, 2.05) is 6.07 Å². The molecule has 0 saturated heterocycles. The van der Waals surface area contributed by atoms with Crippen LogP contribution >= 0.6 is 0 Å². The van der Waals surface area contributed by atoms with Crippen molar-refractivity contribution in [1.29, 1.82) is 0 Å². The maximum absolute atomic E-state index is 10.9. The summed E-state index contributed by atoms with van der Waals surface area (Å²) >= 11 is 0. The van der Waals surface area contributed by atoms with Crippen molar-refractivity contribution in [3.05, 3.63) is 35.5 Å². The molecule has 0 bridgehead atoms. The van der Waals surface area contributed by atoms with Crippen molar-refractivity contribution in [2.24, 2.45) is 0 Å². The highest BCUT2D eigenvalue weighted by molar-refractivity contribution is 5.84. The zero-order valence-electron chi connectivity index (χ0n) is 12.4. The van der Waals surface area contributed by atoms with Crippen molar-refractivity contribution < 1.29 is 9.53 Å². The van der Waals surface area contributed by atoms with E-state index in [9.17, 15) is 4.79 Å². The molecule has 3 heteroatoms. The maximum atomic E-state index is 10.9. The summed E-state index contributed by atoms with van der Waals surface area (Å²) in [4.78, 5) is 14.4. The molecule has 0 spiro atoms. The molecule has 0 aliphatic heterocycles. The molecule has 3 nitrogen and oxygen atoms in total. The molecule has 0 atom stereocenters. The number of aromatic amines is 1. The first-order valence-corrected chi connectivity index (χ1v) is 7.44. The van der Waals surface area contributed by atoms with Crippen LogP contribution in [-0.4, -0.2) is 17.6 Å². The lowest BCUT2D eigenvalue weighted by Gasteiger charge is -2.05. The molecule has 0 aliphatic carbocycles. The number of ether oxygens (including phenoxy) is 1. The number of aryl methyl sites for hydroxylation is 1. The Morgan fingerprint density at radius 1 is 1.20 bits per heavy atom. The van der Waals surface area contributed by atoms with Crippen LogP contribution in [0, 0.1) is 0 Å². The maximum Gasteiger partial charge on any atom is 0.302 e. The second-order valence-electron chi connectivity index (χ2n) is 5.17. The summed E-state index contributed by atoms with van der Waals surface area (Å²) in [6.45, 7) is 4.13. The molecule has 108 valence electrons. The van der Waals surface area contributed by atoms with Crippen LogP contribution in [0.25, 0.3) is 10.9 Å². The number of carbonyl (C=O) groups excluding carboxylic acids is 1. The number of fused-ring (bicyclic) bond motifs is 1. The fourth-order valence-corrected chi connectivity index (χ4v) is 2.60. The minimum atomic E-state index is -0.211. The third kappa shape index (κ3) is 3.62. The summed E-state index contributed by atoms with van der Waals surface area (Å²) in [6, 6.07) is 8.35. The van der Waals surface area contributed by atoms with Gasteiger partial charge >= 0.3 is 5.97 Å². The third-order valence-electron chi connectivity index (χ3n) is 3.59. The number of carbonyl (C=O) groups is 1. The Kier molecular flexibility index (Phi) is 5.22. The van der Waals surface area contributed by atoms with E-state index in [1.165, 1.54) is 48.3 Å². The molecule has 1 heterocycles. The van der Waals surface area contributed by atoms with E-state index in [2.05, 4.69) is 30.1 Å². The van der Waals surface area contributed by atoms with Crippen molar-refractivity contribution in [2.45, 2.75) is 46.0 Å². The van der Waals surface area contributed by atoms with Crippen LogP contribution in [0.4, 0.5) is 0 Å². The zero-order chi connectivity index (χ0) is 14.4. The number of hydrogen-bond donors (Lipinski definition) is 1. The van der Waals surface area contributed by atoms with Gasteiger partial charge in [-0.2, -0.15) is 0 Å². The van der Waals surface area contributed by atoms with Gasteiger partial charge in [-0.3, -0.25) is 4.79 Å². The van der Waals surface area contributed by atoms with E-state index in [1.54, 1.807) is 0 Å². The highest BCUT2D eigenvalue weighted by Crippen LogP contribution is 2.24. The second kappa shape index (κ2) is 7.13. The van der Waals surface area contributed by atoms with E-state index in [0.717, 1.165) is 12.8 Å². The van der Waals surface area contributed by atoms with Gasteiger partial charge in [0.15, 0.2) is 0 Å². The lowest BCUT2D eigenvalue weighted by atomic mass is 10.0. The van der Waals surface area contributed by atoms with Gasteiger partial charge in [0.2, 0.25) is 0 Å². The fraction of sp³-hybridized carbons (Fsp3) is 0.471. The molecule has 0 aliphatic rings. The molecule has 2 rings (SSSR count). The fourth-order valence-electron chi connectivity index (χ4n) is 2.60. The van der Waals surface area contributed by atoms with Gasteiger partial charge in [-0.25, -0.2) is 0 Å². The van der Waals surface area contributed by atoms with Crippen LogP contribution in [0.3, 0.4) is 0 Å². The number of nitrogens with one attached hydrogen (secondary N) is 1. The average molecular weight is 273 g/mol. The predicted octanol–water partition coefficient (Wildman–Crippen LogP) is 4.01. The monoisotopic (exact) mass is 273 g/mol. The first kappa shape index (κ1) is 14.6. The molecule has 20 heavy (non-hydrogen) atoms. The molecule has 0 saturated carbocycles. The molecular weight excluding hydrogens is 250 g/mol. The van der Waals surface area contributed by atoms with E-state index >= 15 is 0 Å². The quantitative estimate of drug-likeness (QED) is 0.612. The smallest absolute Gasteiger partial charge is 0.302 e. The van der Waals surface area contributed by atoms with Crippen molar-refractivity contribution in [1.82, 2.24) is 4.98 Å². The summed E-state index contributed by atoms with van der Waals surface area (Å²) < 4.78 is 5.09. The summed E-state index contributed by atoms with van der Waals surface area (Å²) in [6.07, 6.45) is 5.52. The van der Waals surface area contributed by atoms with Crippen molar-refractivity contribution in [3.8, 4) is 0 Å². The number of para-hydroxylation sites is 1. The molecule has 1 aromatic heterocycles. The average Bonchev–Trinajstić information content (AvgIpc) is 2.77. The standard InChI is InChI=1S/C17H23NO2/c1-3-4-5-9-17-15(11-12-20-13(2)19)14-8-6-7-10-16(14)18-17/h6-8,10,18H,3-5,9,11-12H2,1-2H3. The Labute approximate surface area is 120 Å². The van der Waals surface area contributed by atoms with Crippen molar-refractivity contribution in [3.63, 3.8) is 0 Å². The van der Waals surface area contributed by atoms with Crippen molar-refractivity contribution >= 4 is 16.9 Å². The minimum absolute atomic E-state index is 0.211. The Hall–Kier alpha value is -1.77. The third-order valence-corrected chi connectivity index (χ3v) is 3.59. The van der Waals surface area contributed by atoms with Gasteiger partial charge in [0.05, 0.1) is 6.61 Å². The number of hydrogen-bond acceptors (Lipinski definition) is 2. The number of H-pyrrole nitrogens is 1. The van der Waals surface area contributed by atoms with Crippen LogP contribution in [0.2, 0.25) is 0 Å².